The fourth-order valence-electron chi connectivity index (χ4n) is 0.344. The van der Waals surface area contributed by atoms with Gasteiger partial charge in [-0.25, -0.2) is 13.2 Å². The van der Waals surface area contributed by atoms with Gasteiger partial charge in [-0.05, 0) is 6.92 Å². The van der Waals surface area contributed by atoms with Crippen molar-refractivity contribution in [3.8, 4) is 0 Å². The summed E-state index contributed by atoms with van der Waals surface area (Å²) in [5, 5.41) is 2.34. The Morgan fingerprint density at radius 1 is 1.45 bits per heavy atom. The Morgan fingerprint density at radius 2 is 2.00 bits per heavy atom. The minimum Gasteiger partial charge on any atom is -0.337 e. The molecule has 0 unspecified atom stereocenters. The highest BCUT2D eigenvalue weighted by molar-refractivity contribution is 7.88. The Morgan fingerprint density at radius 3 is 2.36 bits per heavy atom. The van der Waals surface area contributed by atoms with E-state index in [2.05, 4.69) is 5.32 Å². The van der Waals surface area contributed by atoms with Crippen LogP contribution < -0.4 is 15.6 Å². The molecular formula is C4H11N3O3S. The molecule has 0 aliphatic carbocycles. The van der Waals surface area contributed by atoms with Gasteiger partial charge in [-0.2, -0.15) is 0 Å². The highest BCUT2D eigenvalue weighted by Crippen LogP contribution is 1.67. The molecule has 0 aliphatic heterocycles. The van der Waals surface area contributed by atoms with E-state index in [-0.39, 0.29) is 0 Å². The van der Waals surface area contributed by atoms with E-state index in [0.717, 1.165) is 6.26 Å². The molecule has 0 rings (SSSR count). The first-order valence-corrected chi connectivity index (χ1v) is 4.85. The molecule has 0 spiro atoms. The van der Waals surface area contributed by atoms with Crippen LogP contribution in [0.15, 0.2) is 0 Å². The van der Waals surface area contributed by atoms with Crippen LogP contribution in [0.4, 0.5) is 4.79 Å². The van der Waals surface area contributed by atoms with E-state index in [1.165, 1.54) is 0 Å². The van der Waals surface area contributed by atoms with Crippen molar-refractivity contribution in [2.24, 2.45) is 0 Å². The number of carbonyl (C=O) groups is 1. The minimum atomic E-state index is -3.36. The lowest BCUT2D eigenvalue weighted by molar-refractivity contribution is 0.240. The van der Waals surface area contributed by atoms with Gasteiger partial charge >= 0.3 is 6.03 Å². The smallest absolute Gasteiger partial charge is 0.329 e. The van der Waals surface area contributed by atoms with Crippen LogP contribution in [0.25, 0.3) is 0 Å². The van der Waals surface area contributed by atoms with Crippen LogP contribution in [0.1, 0.15) is 6.92 Å². The van der Waals surface area contributed by atoms with E-state index in [1.807, 2.05) is 10.3 Å². The normalized spacial score (nSPS) is 10.7. The van der Waals surface area contributed by atoms with Crippen molar-refractivity contribution in [3.63, 3.8) is 0 Å². The second kappa shape index (κ2) is 4.14. The zero-order valence-electron chi connectivity index (χ0n) is 6.34. The minimum absolute atomic E-state index is 0.442. The maximum absolute atomic E-state index is 10.5. The van der Waals surface area contributed by atoms with Crippen molar-refractivity contribution < 1.29 is 13.2 Å². The Labute approximate surface area is 65.4 Å². The Kier molecular flexibility index (Phi) is 3.83. The summed E-state index contributed by atoms with van der Waals surface area (Å²) in [5.74, 6) is 0. The van der Waals surface area contributed by atoms with Gasteiger partial charge in [0.1, 0.15) is 0 Å². The molecule has 0 bridgehead atoms. The van der Waals surface area contributed by atoms with Gasteiger partial charge in [0.05, 0.1) is 6.26 Å². The number of nitrogens with one attached hydrogen (secondary N) is 3. The number of hydrogen-bond donors (Lipinski definition) is 3. The average Bonchev–Trinajstić information content (AvgIpc) is 1.83. The molecule has 0 aliphatic rings. The monoisotopic (exact) mass is 181 g/mol. The third-order valence-corrected chi connectivity index (χ3v) is 1.16. The van der Waals surface area contributed by atoms with Gasteiger partial charge in [-0.1, -0.05) is 0 Å². The molecular weight excluding hydrogens is 170 g/mol. The Balaban J connectivity index is 3.64. The number of amides is 2. The van der Waals surface area contributed by atoms with Crippen molar-refractivity contribution in [1.82, 2.24) is 15.6 Å². The number of hydrazine groups is 1. The molecule has 0 saturated carbocycles. The quantitative estimate of drug-likeness (QED) is 0.476. The first-order chi connectivity index (χ1) is 4.95. The predicted octanol–water partition coefficient (Wildman–Crippen LogP) is -1.23. The summed E-state index contributed by atoms with van der Waals surface area (Å²) in [6.45, 7) is 2.16. The lowest BCUT2D eigenvalue weighted by Crippen LogP contribution is -2.46. The van der Waals surface area contributed by atoms with Gasteiger partial charge in [-0.3, -0.25) is 5.43 Å². The molecule has 0 fully saturated rings. The molecule has 3 N–H and O–H groups in total. The molecule has 66 valence electrons. The zero-order valence-corrected chi connectivity index (χ0v) is 7.16. The standard InChI is InChI=1S/C4H11N3O3S/c1-3-5-4(8)6-7-11(2,9)10/h7H,3H2,1-2H3,(H2,5,6,8). The average molecular weight is 181 g/mol. The molecule has 0 atom stereocenters. The van der Waals surface area contributed by atoms with Crippen molar-refractivity contribution >= 4 is 16.1 Å². The Bertz CT molecular complexity index is 223. The maximum atomic E-state index is 10.5. The van der Waals surface area contributed by atoms with Gasteiger partial charge in [0.2, 0.25) is 10.0 Å². The molecule has 2 amide bonds. The van der Waals surface area contributed by atoms with Crippen LogP contribution in [0, 0.1) is 0 Å². The Hall–Kier alpha value is -0.820. The lowest BCUT2D eigenvalue weighted by atomic mass is 10.7. The summed E-state index contributed by atoms with van der Waals surface area (Å²) in [7, 11) is -3.36. The van der Waals surface area contributed by atoms with Crippen LogP contribution in [-0.2, 0) is 10.0 Å². The highest BCUT2D eigenvalue weighted by Gasteiger charge is 2.01. The van der Waals surface area contributed by atoms with E-state index in [1.54, 1.807) is 6.92 Å². The molecule has 0 heterocycles. The number of hydrogen-bond acceptors (Lipinski definition) is 3. The van der Waals surface area contributed by atoms with E-state index in [9.17, 15) is 13.2 Å². The van der Waals surface area contributed by atoms with Crippen molar-refractivity contribution in [2.75, 3.05) is 12.8 Å². The van der Waals surface area contributed by atoms with Gasteiger partial charge in [0, 0.05) is 6.54 Å². The fraction of sp³-hybridized carbons (Fsp3) is 0.750. The maximum Gasteiger partial charge on any atom is 0.329 e. The van der Waals surface area contributed by atoms with Gasteiger partial charge in [-0.15, -0.1) is 4.83 Å². The van der Waals surface area contributed by atoms with Crippen LogP contribution in [-0.4, -0.2) is 27.2 Å². The van der Waals surface area contributed by atoms with Crippen LogP contribution >= 0.6 is 0 Å². The van der Waals surface area contributed by atoms with E-state index in [0.29, 0.717) is 6.54 Å². The molecule has 0 aromatic rings. The van der Waals surface area contributed by atoms with Gasteiger partial charge in [0.25, 0.3) is 0 Å². The van der Waals surface area contributed by atoms with Crippen molar-refractivity contribution in [2.45, 2.75) is 6.92 Å². The molecule has 0 aromatic carbocycles. The molecule has 6 nitrogen and oxygen atoms in total. The molecule has 11 heavy (non-hydrogen) atoms. The van der Waals surface area contributed by atoms with Gasteiger partial charge in [0.15, 0.2) is 0 Å². The summed E-state index contributed by atoms with van der Waals surface area (Å²) in [5.41, 5.74) is 1.94. The summed E-state index contributed by atoms with van der Waals surface area (Å²) in [4.78, 5) is 12.4. The summed E-state index contributed by atoms with van der Waals surface area (Å²) in [6.07, 6.45) is 0.944. The first-order valence-electron chi connectivity index (χ1n) is 2.96. The van der Waals surface area contributed by atoms with Gasteiger partial charge < -0.3 is 5.32 Å². The number of carbonyl (C=O) groups excluding carboxylic acids is 1. The first kappa shape index (κ1) is 10.2. The van der Waals surface area contributed by atoms with Crippen LogP contribution in [0.2, 0.25) is 0 Å². The topological polar surface area (TPSA) is 87.3 Å². The number of urea groups is 1. The summed E-state index contributed by atoms with van der Waals surface area (Å²) in [6, 6.07) is -0.571. The second-order valence-electron chi connectivity index (χ2n) is 1.86. The number of sulfonamides is 1. The molecule has 0 radical (unpaired) electrons. The predicted molar refractivity (Wildman–Crippen MR) is 40.2 cm³/mol. The largest absolute Gasteiger partial charge is 0.337 e. The van der Waals surface area contributed by atoms with E-state index in [4.69, 9.17) is 0 Å². The zero-order chi connectivity index (χ0) is 8.91. The van der Waals surface area contributed by atoms with E-state index >= 15 is 0 Å². The third kappa shape index (κ3) is 7.07. The molecule has 0 saturated heterocycles. The third-order valence-electron chi connectivity index (χ3n) is 0.687. The highest BCUT2D eigenvalue weighted by atomic mass is 32.2. The van der Waals surface area contributed by atoms with E-state index < -0.39 is 16.1 Å². The van der Waals surface area contributed by atoms with Crippen LogP contribution in [0.5, 0.6) is 0 Å². The number of rotatable bonds is 3. The SMILES string of the molecule is CCNC(=O)NNS(C)(=O)=O. The summed E-state index contributed by atoms with van der Waals surface area (Å²) >= 11 is 0. The van der Waals surface area contributed by atoms with Crippen LogP contribution in [0.3, 0.4) is 0 Å². The lowest BCUT2D eigenvalue weighted by Gasteiger charge is -2.04. The molecule has 0 aromatic heterocycles. The van der Waals surface area contributed by atoms with Crippen molar-refractivity contribution in [3.05, 3.63) is 0 Å². The fourth-order valence-corrected chi connectivity index (χ4v) is 0.622. The molecule has 7 heteroatoms. The summed E-state index contributed by atoms with van der Waals surface area (Å²) < 4.78 is 20.8. The van der Waals surface area contributed by atoms with Crippen molar-refractivity contribution in [1.29, 1.82) is 0 Å². The second-order valence-corrected chi connectivity index (χ2v) is 3.61.